The molecule has 2 saturated heterocycles. The average Bonchev–Trinajstić information content (AvgIpc) is 3.16. The van der Waals surface area contributed by atoms with Gasteiger partial charge in [0.05, 0.1) is 6.10 Å². The Hall–Kier alpha value is -1.40. The molecule has 0 aliphatic carbocycles. The van der Waals surface area contributed by atoms with Crippen LogP contribution in [0.3, 0.4) is 0 Å². The molecule has 0 spiro atoms. The summed E-state index contributed by atoms with van der Waals surface area (Å²) in [6, 6.07) is 0.0377. The van der Waals surface area contributed by atoms with Crippen LogP contribution in [0.2, 0.25) is 0 Å². The fourth-order valence-electron chi connectivity index (χ4n) is 3.23. The second-order valence-electron chi connectivity index (χ2n) is 5.88. The normalized spacial score (nSPS) is 26.2. The van der Waals surface area contributed by atoms with Gasteiger partial charge in [-0.25, -0.2) is 4.98 Å². The van der Waals surface area contributed by atoms with Gasteiger partial charge in [-0.1, -0.05) is 0 Å². The van der Waals surface area contributed by atoms with Crippen molar-refractivity contribution in [3.8, 4) is 0 Å². The molecule has 116 valence electrons. The smallest absolute Gasteiger partial charge is 0.223 e. The minimum absolute atomic E-state index is 0.0377. The highest BCUT2D eigenvalue weighted by Gasteiger charge is 2.30. The van der Waals surface area contributed by atoms with Gasteiger partial charge in [-0.2, -0.15) is 0 Å². The van der Waals surface area contributed by atoms with E-state index in [0.717, 1.165) is 51.3 Å². The van der Waals surface area contributed by atoms with Crippen molar-refractivity contribution in [3.63, 3.8) is 0 Å². The zero-order valence-corrected chi connectivity index (χ0v) is 12.6. The molecule has 2 aliphatic rings. The van der Waals surface area contributed by atoms with Crippen molar-refractivity contribution < 1.29 is 9.53 Å². The van der Waals surface area contributed by atoms with E-state index < -0.39 is 0 Å². The van der Waals surface area contributed by atoms with Crippen molar-refractivity contribution in [1.29, 1.82) is 0 Å². The number of nitrogens with one attached hydrogen (secondary N) is 1. The Kier molecular flexibility index (Phi) is 4.55. The number of piperazine rings is 1. The predicted molar refractivity (Wildman–Crippen MR) is 78.7 cm³/mol. The van der Waals surface area contributed by atoms with Gasteiger partial charge in [0.1, 0.15) is 11.9 Å². The van der Waals surface area contributed by atoms with E-state index in [0.29, 0.717) is 6.42 Å². The molecule has 2 unspecified atom stereocenters. The summed E-state index contributed by atoms with van der Waals surface area (Å²) in [7, 11) is 1.98. The van der Waals surface area contributed by atoms with Gasteiger partial charge in [0.25, 0.3) is 0 Å². The van der Waals surface area contributed by atoms with E-state index in [-0.39, 0.29) is 18.1 Å². The number of amides is 1. The molecule has 0 bridgehead atoms. The molecule has 1 N–H and O–H groups in total. The molecular formula is C15H24N4O2. The SMILES string of the molecule is Cn1ccnc1C1CNCCN1C(=O)CCC1CCCO1. The molecule has 2 fully saturated rings. The first kappa shape index (κ1) is 14.5. The summed E-state index contributed by atoms with van der Waals surface area (Å²) in [4.78, 5) is 19.0. The van der Waals surface area contributed by atoms with Gasteiger partial charge in [0, 0.05) is 52.1 Å². The third kappa shape index (κ3) is 3.27. The zero-order valence-electron chi connectivity index (χ0n) is 12.6. The van der Waals surface area contributed by atoms with E-state index in [2.05, 4.69) is 10.3 Å². The van der Waals surface area contributed by atoms with Gasteiger partial charge in [0.2, 0.25) is 5.91 Å². The number of carbonyl (C=O) groups excluding carboxylic acids is 1. The second kappa shape index (κ2) is 6.58. The maximum Gasteiger partial charge on any atom is 0.223 e. The van der Waals surface area contributed by atoms with Crippen LogP contribution in [0.1, 0.15) is 37.5 Å². The molecule has 6 nitrogen and oxygen atoms in total. The lowest BCUT2D eigenvalue weighted by atomic mass is 10.1. The molecule has 2 atom stereocenters. The molecule has 6 heteroatoms. The lowest BCUT2D eigenvalue weighted by Crippen LogP contribution is -2.49. The number of aromatic nitrogens is 2. The fraction of sp³-hybridized carbons (Fsp3) is 0.733. The molecule has 2 aliphatic heterocycles. The van der Waals surface area contributed by atoms with Crippen molar-refractivity contribution in [2.24, 2.45) is 7.05 Å². The molecule has 1 aromatic heterocycles. The number of hydrogen-bond donors (Lipinski definition) is 1. The van der Waals surface area contributed by atoms with Crippen LogP contribution < -0.4 is 5.32 Å². The minimum atomic E-state index is 0.0377. The number of imidazole rings is 1. The topological polar surface area (TPSA) is 59.4 Å². The van der Waals surface area contributed by atoms with Crippen LogP contribution >= 0.6 is 0 Å². The summed E-state index contributed by atoms with van der Waals surface area (Å²) in [5.41, 5.74) is 0. The molecular weight excluding hydrogens is 268 g/mol. The quantitative estimate of drug-likeness (QED) is 0.894. The summed E-state index contributed by atoms with van der Waals surface area (Å²) in [6.07, 6.45) is 7.64. The summed E-state index contributed by atoms with van der Waals surface area (Å²) in [5, 5.41) is 3.36. The molecule has 3 rings (SSSR count). The Morgan fingerprint density at radius 1 is 1.57 bits per heavy atom. The fourth-order valence-corrected chi connectivity index (χ4v) is 3.23. The third-order valence-electron chi connectivity index (χ3n) is 4.42. The Morgan fingerprint density at radius 2 is 2.48 bits per heavy atom. The molecule has 3 heterocycles. The van der Waals surface area contributed by atoms with Crippen molar-refractivity contribution in [3.05, 3.63) is 18.2 Å². The standard InChI is InChI=1S/C15H24N4O2/c1-18-8-7-17-15(18)13-11-16-6-9-19(13)14(20)5-4-12-3-2-10-21-12/h7-8,12-13,16H,2-6,9-11H2,1H3. The number of aryl methyl sites for hydroxylation is 1. The Labute approximate surface area is 125 Å². The van der Waals surface area contributed by atoms with E-state index in [4.69, 9.17) is 4.74 Å². The molecule has 21 heavy (non-hydrogen) atoms. The van der Waals surface area contributed by atoms with Gasteiger partial charge in [-0.3, -0.25) is 4.79 Å². The summed E-state index contributed by atoms with van der Waals surface area (Å²) in [6.45, 7) is 3.23. The lowest BCUT2D eigenvalue weighted by molar-refractivity contribution is -0.135. The number of ether oxygens (including phenoxy) is 1. The largest absolute Gasteiger partial charge is 0.378 e. The Balaban J connectivity index is 1.63. The number of rotatable bonds is 4. The average molecular weight is 292 g/mol. The van der Waals surface area contributed by atoms with Crippen LogP contribution in [-0.4, -0.2) is 52.7 Å². The second-order valence-corrected chi connectivity index (χ2v) is 5.88. The highest BCUT2D eigenvalue weighted by molar-refractivity contribution is 5.76. The molecule has 0 radical (unpaired) electrons. The van der Waals surface area contributed by atoms with Crippen LogP contribution in [-0.2, 0) is 16.6 Å². The highest BCUT2D eigenvalue weighted by Crippen LogP contribution is 2.23. The van der Waals surface area contributed by atoms with Crippen LogP contribution in [0.5, 0.6) is 0 Å². The Morgan fingerprint density at radius 3 is 3.19 bits per heavy atom. The molecule has 1 amide bonds. The van der Waals surface area contributed by atoms with E-state index in [9.17, 15) is 4.79 Å². The van der Waals surface area contributed by atoms with E-state index in [1.807, 2.05) is 22.7 Å². The van der Waals surface area contributed by atoms with Gasteiger partial charge < -0.3 is 19.5 Å². The number of nitrogens with zero attached hydrogens (tertiary/aromatic N) is 3. The molecule has 0 aromatic carbocycles. The van der Waals surface area contributed by atoms with Crippen molar-refractivity contribution in [2.45, 2.75) is 37.8 Å². The molecule has 1 aromatic rings. The van der Waals surface area contributed by atoms with Crippen LogP contribution in [0.4, 0.5) is 0 Å². The van der Waals surface area contributed by atoms with Gasteiger partial charge in [0.15, 0.2) is 0 Å². The van der Waals surface area contributed by atoms with Gasteiger partial charge in [-0.15, -0.1) is 0 Å². The van der Waals surface area contributed by atoms with Crippen LogP contribution in [0.15, 0.2) is 12.4 Å². The molecule has 0 saturated carbocycles. The van der Waals surface area contributed by atoms with E-state index >= 15 is 0 Å². The summed E-state index contributed by atoms with van der Waals surface area (Å²) >= 11 is 0. The lowest BCUT2D eigenvalue weighted by Gasteiger charge is -2.36. The van der Waals surface area contributed by atoms with Crippen molar-refractivity contribution in [2.75, 3.05) is 26.2 Å². The van der Waals surface area contributed by atoms with Crippen molar-refractivity contribution in [1.82, 2.24) is 19.8 Å². The first-order chi connectivity index (χ1) is 10.3. The zero-order chi connectivity index (χ0) is 14.7. The first-order valence-electron chi connectivity index (χ1n) is 7.84. The van der Waals surface area contributed by atoms with Crippen molar-refractivity contribution >= 4 is 5.91 Å². The van der Waals surface area contributed by atoms with Crippen LogP contribution in [0, 0.1) is 0 Å². The number of hydrogen-bond acceptors (Lipinski definition) is 4. The highest BCUT2D eigenvalue weighted by atomic mass is 16.5. The summed E-state index contributed by atoms with van der Waals surface area (Å²) in [5.74, 6) is 1.17. The van der Waals surface area contributed by atoms with E-state index in [1.165, 1.54) is 0 Å². The predicted octanol–water partition coefficient (Wildman–Crippen LogP) is 0.852. The number of carbonyl (C=O) groups is 1. The monoisotopic (exact) mass is 292 g/mol. The van der Waals surface area contributed by atoms with Gasteiger partial charge >= 0.3 is 0 Å². The van der Waals surface area contributed by atoms with Crippen LogP contribution in [0.25, 0.3) is 0 Å². The summed E-state index contributed by atoms with van der Waals surface area (Å²) < 4.78 is 7.61. The van der Waals surface area contributed by atoms with Gasteiger partial charge in [-0.05, 0) is 19.3 Å². The van der Waals surface area contributed by atoms with E-state index in [1.54, 1.807) is 6.20 Å². The minimum Gasteiger partial charge on any atom is -0.378 e. The Bertz CT molecular complexity index is 482. The maximum atomic E-state index is 12.6. The first-order valence-corrected chi connectivity index (χ1v) is 7.84. The third-order valence-corrected chi connectivity index (χ3v) is 4.42. The maximum absolute atomic E-state index is 12.6.